The van der Waals surface area contributed by atoms with Crippen molar-refractivity contribution in [1.82, 2.24) is 9.88 Å². The molecule has 0 aromatic carbocycles. The Bertz CT molecular complexity index is 272. The van der Waals surface area contributed by atoms with E-state index in [0.29, 0.717) is 12.0 Å². The number of likely N-dealkylation sites (N-methyl/N-ethyl adjacent to an activating group) is 1. The molecule has 1 aromatic heterocycles. The van der Waals surface area contributed by atoms with Crippen molar-refractivity contribution in [2.24, 2.45) is 5.92 Å². The second-order valence-corrected chi connectivity index (χ2v) is 4.95. The van der Waals surface area contributed by atoms with Crippen molar-refractivity contribution in [2.75, 3.05) is 26.0 Å². The Balaban J connectivity index is 2.56. The van der Waals surface area contributed by atoms with Gasteiger partial charge in [-0.1, -0.05) is 19.9 Å². The third-order valence-corrected chi connectivity index (χ3v) is 2.36. The fourth-order valence-electron chi connectivity index (χ4n) is 1.85. The summed E-state index contributed by atoms with van der Waals surface area (Å²) in [5, 5.41) is 3.49. The van der Waals surface area contributed by atoms with Crippen molar-refractivity contribution in [3.05, 3.63) is 24.4 Å². The van der Waals surface area contributed by atoms with Crippen molar-refractivity contribution in [3.63, 3.8) is 0 Å². The number of hydrogen-bond donors (Lipinski definition) is 1. The van der Waals surface area contributed by atoms with Gasteiger partial charge < -0.3 is 10.2 Å². The zero-order valence-electron chi connectivity index (χ0n) is 10.8. The molecule has 0 aliphatic heterocycles. The van der Waals surface area contributed by atoms with Crippen LogP contribution in [0.15, 0.2) is 24.4 Å². The Labute approximate surface area is 98.9 Å². The number of aromatic nitrogens is 1. The average molecular weight is 221 g/mol. The van der Waals surface area contributed by atoms with Crippen LogP contribution in [0.1, 0.15) is 20.3 Å². The summed E-state index contributed by atoms with van der Waals surface area (Å²) >= 11 is 0. The Hall–Kier alpha value is -1.09. The van der Waals surface area contributed by atoms with Crippen LogP contribution in [0.4, 0.5) is 5.82 Å². The van der Waals surface area contributed by atoms with Gasteiger partial charge in [-0.3, -0.25) is 0 Å². The first kappa shape index (κ1) is 13.0. The van der Waals surface area contributed by atoms with E-state index in [-0.39, 0.29) is 0 Å². The minimum absolute atomic E-state index is 0.463. The predicted octanol–water partition coefficient (Wildman–Crippen LogP) is 2.47. The van der Waals surface area contributed by atoms with Crippen LogP contribution in [0.25, 0.3) is 0 Å². The van der Waals surface area contributed by atoms with E-state index >= 15 is 0 Å². The highest BCUT2D eigenvalue weighted by atomic mass is 15.1. The average Bonchev–Trinajstić information content (AvgIpc) is 2.16. The van der Waals surface area contributed by atoms with Crippen LogP contribution in [0, 0.1) is 5.92 Å². The van der Waals surface area contributed by atoms with Crippen LogP contribution >= 0.6 is 0 Å². The first-order valence-corrected chi connectivity index (χ1v) is 5.90. The van der Waals surface area contributed by atoms with E-state index in [0.717, 1.165) is 18.8 Å². The molecule has 0 spiro atoms. The van der Waals surface area contributed by atoms with Gasteiger partial charge in [-0.25, -0.2) is 4.98 Å². The summed E-state index contributed by atoms with van der Waals surface area (Å²) in [7, 11) is 4.21. The van der Waals surface area contributed by atoms with Crippen LogP contribution < -0.4 is 5.32 Å². The number of rotatable bonds is 6. The van der Waals surface area contributed by atoms with E-state index < -0.39 is 0 Å². The molecule has 16 heavy (non-hydrogen) atoms. The molecule has 0 aliphatic rings. The lowest BCUT2D eigenvalue weighted by Gasteiger charge is -2.24. The summed E-state index contributed by atoms with van der Waals surface area (Å²) in [5.41, 5.74) is 0. The van der Waals surface area contributed by atoms with E-state index in [1.54, 1.807) is 0 Å². The molecule has 0 fully saturated rings. The summed E-state index contributed by atoms with van der Waals surface area (Å²) in [4.78, 5) is 6.51. The molecule has 1 N–H and O–H groups in total. The summed E-state index contributed by atoms with van der Waals surface area (Å²) in [6.07, 6.45) is 2.99. The van der Waals surface area contributed by atoms with Gasteiger partial charge in [0.05, 0.1) is 0 Å². The van der Waals surface area contributed by atoms with Crippen molar-refractivity contribution < 1.29 is 0 Å². The fraction of sp³-hybridized carbons (Fsp3) is 0.615. The predicted molar refractivity (Wildman–Crippen MR) is 69.7 cm³/mol. The molecule has 0 radical (unpaired) electrons. The largest absolute Gasteiger partial charge is 0.366 e. The van der Waals surface area contributed by atoms with E-state index in [4.69, 9.17) is 0 Å². The maximum Gasteiger partial charge on any atom is 0.126 e. The third kappa shape index (κ3) is 5.12. The van der Waals surface area contributed by atoms with Gasteiger partial charge in [0, 0.05) is 18.8 Å². The lowest BCUT2D eigenvalue weighted by Crippen LogP contribution is -2.33. The smallest absolute Gasteiger partial charge is 0.126 e. The minimum atomic E-state index is 0.463. The van der Waals surface area contributed by atoms with Crippen molar-refractivity contribution >= 4 is 5.82 Å². The summed E-state index contributed by atoms with van der Waals surface area (Å²) in [6, 6.07) is 6.43. The number of nitrogens with one attached hydrogen (secondary N) is 1. The SMILES string of the molecule is CC(C)CC(CN(C)C)Nc1ccccn1. The standard InChI is InChI=1S/C13H23N3/c1-11(2)9-12(10-16(3)4)15-13-7-5-6-8-14-13/h5-8,11-12H,9-10H2,1-4H3,(H,14,15). The van der Waals surface area contributed by atoms with Crippen LogP contribution in [-0.2, 0) is 0 Å². The lowest BCUT2D eigenvalue weighted by molar-refractivity contribution is 0.356. The fourth-order valence-corrected chi connectivity index (χ4v) is 1.85. The van der Waals surface area contributed by atoms with Crippen LogP contribution in [0.2, 0.25) is 0 Å². The molecule has 1 aromatic rings. The molecule has 0 bridgehead atoms. The van der Waals surface area contributed by atoms with Crippen LogP contribution in [-0.4, -0.2) is 36.6 Å². The minimum Gasteiger partial charge on any atom is -0.366 e. The number of pyridine rings is 1. The van der Waals surface area contributed by atoms with Gasteiger partial charge in [0.1, 0.15) is 5.82 Å². The highest BCUT2D eigenvalue weighted by Gasteiger charge is 2.12. The number of hydrogen-bond acceptors (Lipinski definition) is 3. The van der Waals surface area contributed by atoms with Crippen molar-refractivity contribution in [1.29, 1.82) is 0 Å². The molecular weight excluding hydrogens is 198 g/mol. The Morgan fingerprint density at radius 3 is 2.56 bits per heavy atom. The molecule has 0 amide bonds. The second kappa shape index (κ2) is 6.48. The molecule has 0 aliphatic carbocycles. The van der Waals surface area contributed by atoms with Gasteiger partial charge in [0.25, 0.3) is 0 Å². The molecular formula is C13H23N3. The van der Waals surface area contributed by atoms with Gasteiger partial charge in [-0.05, 0) is 38.6 Å². The van der Waals surface area contributed by atoms with E-state index in [9.17, 15) is 0 Å². The Morgan fingerprint density at radius 1 is 1.31 bits per heavy atom. The second-order valence-electron chi connectivity index (χ2n) is 4.95. The summed E-state index contributed by atoms with van der Waals surface area (Å²) in [5.74, 6) is 1.66. The maximum absolute atomic E-state index is 4.30. The van der Waals surface area contributed by atoms with Crippen LogP contribution in [0.5, 0.6) is 0 Å². The number of nitrogens with zero attached hydrogens (tertiary/aromatic N) is 2. The molecule has 3 heteroatoms. The number of anilines is 1. The Morgan fingerprint density at radius 2 is 2.06 bits per heavy atom. The molecule has 3 nitrogen and oxygen atoms in total. The van der Waals surface area contributed by atoms with E-state index in [2.05, 4.69) is 43.1 Å². The third-order valence-electron chi connectivity index (χ3n) is 2.36. The molecule has 1 atom stereocenters. The summed E-state index contributed by atoms with van der Waals surface area (Å²) < 4.78 is 0. The van der Waals surface area contributed by atoms with Crippen LogP contribution in [0.3, 0.4) is 0 Å². The highest BCUT2D eigenvalue weighted by molar-refractivity contribution is 5.34. The molecule has 1 rings (SSSR count). The van der Waals surface area contributed by atoms with Gasteiger partial charge >= 0.3 is 0 Å². The topological polar surface area (TPSA) is 28.2 Å². The van der Waals surface area contributed by atoms with E-state index in [1.165, 1.54) is 0 Å². The quantitative estimate of drug-likeness (QED) is 0.800. The van der Waals surface area contributed by atoms with Gasteiger partial charge in [-0.15, -0.1) is 0 Å². The van der Waals surface area contributed by atoms with Gasteiger partial charge in [0.15, 0.2) is 0 Å². The zero-order chi connectivity index (χ0) is 12.0. The lowest BCUT2D eigenvalue weighted by atomic mass is 10.0. The van der Waals surface area contributed by atoms with Gasteiger partial charge in [-0.2, -0.15) is 0 Å². The first-order valence-electron chi connectivity index (χ1n) is 5.90. The molecule has 1 heterocycles. The molecule has 0 saturated heterocycles. The first-order chi connectivity index (χ1) is 7.58. The highest BCUT2D eigenvalue weighted by Crippen LogP contribution is 2.11. The molecule has 90 valence electrons. The molecule has 1 unspecified atom stereocenters. The van der Waals surface area contributed by atoms with E-state index in [1.807, 2.05) is 24.4 Å². The molecule has 0 saturated carbocycles. The van der Waals surface area contributed by atoms with Gasteiger partial charge in [0.2, 0.25) is 0 Å². The normalized spacial score (nSPS) is 13.1. The Kier molecular flexibility index (Phi) is 5.26. The summed E-state index contributed by atoms with van der Waals surface area (Å²) in [6.45, 7) is 5.54. The van der Waals surface area contributed by atoms with Crippen molar-refractivity contribution in [2.45, 2.75) is 26.3 Å². The maximum atomic E-state index is 4.30. The monoisotopic (exact) mass is 221 g/mol. The zero-order valence-corrected chi connectivity index (χ0v) is 10.8. The van der Waals surface area contributed by atoms with Crippen molar-refractivity contribution in [3.8, 4) is 0 Å².